The quantitative estimate of drug-likeness (QED) is 0.759. The number of hydrogen-bond acceptors (Lipinski definition) is 4. The van der Waals surface area contributed by atoms with Gasteiger partial charge in [0.15, 0.2) is 5.52 Å². The Kier molecular flexibility index (Phi) is 4.14. The molecule has 23 heavy (non-hydrogen) atoms. The molecule has 0 aliphatic carbocycles. The van der Waals surface area contributed by atoms with Gasteiger partial charge in [0.25, 0.3) is 5.56 Å². The lowest BCUT2D eigenvalue weighted by molar-refractivity contribution is 0.337. The van der Waals surface area contributed by atoms with Crippen LogP contribution in [0.1, 0.15) is 43.8 Å². The first kappa shape index (κ1) is 15.3. The number of rotatable bonds is 5. The molecule has 2 N–H and O–H groups in total. The lowest BCUT2D eigenvalue weighted by Gasteiger charge is -2.09. The van der Waals surface area contributed by atoms with Gasteiger partial charge in [-0.3, -0.25) is 9.89 Å². The van der Waals surface area contributed by atoms with Gasteiger partial charge in [-0.05, 0) is 18.9 Å². The molecule has 3 rings (SSSR count). The lowest BCUT2D eigenvalue weighted by Crippen LogP contribution is -2.13. The van der Waals surface area contributed by atoms with Crippen molar-refractivity contribution >= 4 is 11.0 Å². The van der Waals surface area contributed by atoms with Crippen LogP contribution < -0.4 is 10.3 Å². The van der Waals surface area contributed by atoms with Crippen molar-refractivity contribution in [1.29, 1.82) is 0 Å². The monoisotopic (exact) mass is 312 g/mol. The third-order valence-corrected chi connectivity index (χ3v) is 3.69. The Balaban J connectivity index is 2.04. The number of para-hydroxylation sites is 1. The Morgan fingerprint density at radius 2 is 2.00 bits per heavy atom. The fraction of sp³-hybridized carbons (Fsp3) is 0.353. The average Bonchev–Trinajstić information content (AvgIpc) is 2.94. The Morgan fingerprint density at radius 3 is 2.74 bits per heavy atom. The number of nitrogens with one attached hydrogen (secondary N) is 2. The normalized spacial score (nSPS) is 11.3. The van der Waals surface area contributed by atoms with Crippen LogP contribution in [0.2, 0.25) is 0 Å². The van der Waals surface area contributed by atoms with Crippen molar-refractivity contribution in [2.45, 2.75) is 33.1 Å². The van der Waals surface area contributed by atoms with Crippen LogP contribution in [0.4, 0.5) is 0 Å². The van der Waals surface area contributed by atoms with E-state index < -0.39 is 0 Å². The highest BCUT2D eigenvalue weighted by Crippen LogP contribution is 2.22. The third kappa shape index (κ3) is 2.97. The van der Waals surface area contributed by atoms with Crippen molar-refractivity contribution in [3.8, 4) is 5.75 Å². The standard InChI is InChI=1S/C17H20N4O2/c1-4-23-12-8-6-5-7-11(12)9-13-18-15-14(10(2)3)20-21-16(15)17(22)19-13/h5-8,10H,4,9H2,1-3H3,(H,20,21)(H,18,19,22). The van der Waals surface area contributed by atoms with E-state index in [0.717, 1.165) is 17.0 Å². The zero-order valence-electron chi connectivity index (χ0n) is 13.5. The maximum absolute atomic E-state index is 12.2. The number of ether oxygens (including phenoxy) is 1. The highest BCUT2D eigenvalue weighted by molar-refractivity contribution is 5.76. The first-order valence-electron chi connectivity index (χ1n) is 7.78. The summed E-state index contributed by atoms with van der Waals surface area (Å²) in [6, 6.07) is 7.79. The second-order valence-corrected chi connectivity index (χ2v) is 5.72. The minimum absolute atomic E-state index is 0.220. The van der Waals surface area contributed by atoms with E-state index in [1.165, 1.54) is 0 Å². The molecule has 6 heteroatoms. The lowest BCUT2D eigenvalue weighted by atomic mass is 10.1. The minimum Gasteiger partial charge on any atom is -0.494 e. The molecule has 0 fully saturated rings. The van der Waals surface area contributed by atoms with E-state index in [4.69, 9.17) is 4.74 Å². The number of benzene rings is 1. The molecular formula is C17H20N4O2. The van der Waals surface area contributed by atoms with Crippen molar-refractivity contribution in [3.05, 3.63) is 51.7 Å². The third-order valence-electron chi connectivity index (χ3n) is 3.69. The molecule has 0 aliphatic heterocycles. The maximum atomic E-state index is 12.2. The van der Waals surface area contributed by atoms with E-state index in [1.807, 2.05) is 45.0 Å². The molecule has 2 aromatic heterocycles. The summed E-state index contributed by atoms with van der Waals surface area (Å²) in [6.45, 7) is 6.63. The average molecular weight is 312 g/mol. The molecule has 0 spiro atoms. The first-order valence-corrected chi connectivity index (χ1v) is 7.78. The molecule has 0 unspecified atom stereocenters. The molecule has 0 saturated carbocycles. The van der Waals surface area contributed by atoms with Crippen molar-refractivity contribution in [1.82, 2.24) is 20.2 Å². The highest BCUT2D eigenvalue weighted by atomic mass is 16.5. The summed E-state index contributed by atoms with van der Waals surface area (Å²) in [6.07, 6.45) is 0.504. The summed E-state index contributed by atoms with van der Waals surface area (Å²) in [4.78, 5) is 19.7. The number of hydrogen-bond donors (Lipinski definition) is 2. The zero-order valence-corrected chi connectivity index (χ0v) is 13.5. The van der Waals surface area contributed by atoms with E-state index in [1.54, 1.807) is 0 Å². The fourth-order valence-corrected chi connectivity index (χ4v) is 2.59. The van der Waals surface area contributed by atoms with E-state index >= 15 is 0 Å². The van der Waals surface area contributed by atoms with E-state index in [-0.39, 0.29) is 11.5 Å². The summed E-state index contributed by atoms with van der Waals surface area (Å²) >= 11 is 0. The molecule has 0 saturated heterocycles. The smallest absolute Gasteiger partial charge is 0.279 e. The molecular weight excluding hydrogens is 292 g/mol. The van der Waals surface area contributed by atoms with Gasteiger partial charge >= 0.3 is 0 Å². The van der Waals surface area contributed by atoms with Gasteiger partial charge in [-0.25, -0.2) is 4.98 Å². The molecule has 1 aromatic carbocycles. The molecule has 0 atom stereocenters. The van der Waals surface area contributed by atoms with E-state index in [0.29, 0.717) is 29.9 Å². The Morgan fingerprint density at radius 1 is 1.22 bits per heavy atom. The second kappa shape index (κ2) is 6.24. The topological polar surface area (TPSA) is 83.7 Å². The van der Waals surface area contributed by atoms with Crippen LogP contribution in [-0.4, -0.2) is 26.8 Å². The summed E-state index contributed by atoms with van der Waals surface area (Å²) in [5.74, 6) is 1.64. The predicted octanol–water partition coefficient (Wildman–Crippen LogP) is 2.76. The van der Waals surface area contributed by atoms with Crippen LogP contribution in [0.25, 0.3) is 11.0 Å². The van der Waals surface area contributed by atoms with Crippen LogP contribution in [0.3, 0.4) is 0 Å². The Labute approximate surface area is 133 Å². The largest absolute Gasteiger partial charge is 0.494 e. The van der Waals surface area contributed by atoms with Gasteiger partial charge in [-0.1, -0.05) is 32.0 Å². The van der Waals surface area contributed by atoms with Crippen LogP contribution in [0.15, 0.2) is 29.1 Å². The van der Waals surface area contributed by atoms with Gasteiger partial charge in [0.1, 0.15) is 17.1 Å². The fourth-order valence-electron chi connectivity index (χ4n) is 2.59. The number of H-pyrrole nitrogens is 2. The van der Waals surface area contributed by atoms with Crippen molar-refractivity contribution in [2.75, 3.05) is 6.61 Å². The van der Waals surface area contributed by atoms with E-state index in [9.17, 15) is 4.79 Å². The van der Waals surface area contributed by atoms with Gasteiger partial charge in [0.2, 0.25) is 0 Å². The van der Waals surface area contributed by atoms with Crippen LogP contribution in [-0.2, 0) is 6.42 Å². The number of aromatic amines is 2. The molecule has 2 heterocycles. The molecule has 0 bridgehead atoms. The van der Waals surface area contributed by atoms with Crippen LogP contribution in [0.5, 0.6) is 5.75 Å². The van der Waals surface area contributed by atoms with Gasteiger partial charge in [0.05, 0.1) is 12.3 Å². The number of aromatic nitrogens is 4. The Bertz CT molecular complexity index is 880. The Hall–Kier alpha value is -2.63. The molecule has 0 amide bonds. The number of fused-ring (bicyclic) bond motifs is 1. The van der Waals surface area contributed by atoms with Crippen molar-refractivity contribution < 1.29 is 4.74 Å². The number of nitrogens with zero attached hydrogens (tertiary/aromatic N) is 2. The highest BCUT2D eigenvalue weighted by Gasteiger charge is 2.15. The maximum Gasteiger partial charge on any atom is 0.279 e. The summed E-state index contributed by atoms with van der Waals surface area (Å²) < 4.78 is 5.64. The minimum atomic E-state index is -0.220. The molecule has 0 radical (unpaired) electrons. The second-order valence-electron chi connectivity index (χ2n) is 5.72. The van der Waals surface area contributed by atoms with Gasteiger partial charge in [0, 0.05) is 12.0 Å². The van der Waals surface area contributed by atoms with E-state index in [2.05, 4.69) is 20.2 Å². The molecule has 120 valence electrons. The summed E-state index contributed by atoms with van der Waals surface area (Å²) in [5.41, 5.74) is 2.65. The molecule has 3 aromatic rings. The van der Waals surface area contributed by atoms with Crippen molar-refractivity contribution in [2.24, 2.45) is 0 Å². The van der Waals surface area contributed by atoms with Gasteiger partial charge in [-0.2, -0.15) is 5.10 Å². The molecule has 0 aliphatic rings. The summed E-state index contributed by atoms with van der Waals surface area (Å²) in [7, 11) is 0. The van der Waals surface area contributed by atoms with Gasteiger partial charge in [-0.15, -0.1) is 0 Å². The van der Waals surface area contributed by atoms with Gasteiger partial charge < -0.3 is 9.72 Å². The summed E-state index contributed by atoms with van der Waals surface area (Å²) in [5, 5.41) is 7.00. The predicted molar refractivity (Wildman–Crippen MR) is 89.0 cm³/mol. The van der Waals surface area contributed by atoms with Crippen LogP contribution in [0, 0.1) is 0 Å². The van der Waals surface area contributed by atoms with Crippen molar-refractivity contribution in [3.63, 3.8) is 0 Å². The first-order chi connectivity index (χ1) is 11.1. The van der Waals surface area contributed by atoms with Crippen LogP contribution >= 0.6 is 0 Å². The SMILES string of the molecule is CCOc1ccccc1Cc1nc2c(C(C)C)[nH]nc2c(=O)[nH]1. The molecule has 6 nitrogen and oxygen atoms in total. The zero-order chi connectivity index (χ0) is 16.4.